The average molecular weight is 510 g/mol. The highest BCUT2D eigenvalue weighted by molar-refractivity contribution is 5.84. The van der Waals surface area contributed by atoms with Gasteiger partial charge in [-0.2, -0.15) is 0 Å². The number of carboxylic acid groups (broad SMARTS) is 1. The molecule has 5 rings (SSSR count). The fourth-order valence-corrected chi connectivity index (χ4v) is 11.3. The Morgan fingerprint density at radius 3 is 2.24 bits per heavy atom. The van der Waals surface area contributed by atoms with E-state index in [1.54, 1.807) is 0 Å². The molecule has 0 spiro atoms. The number of aliphatic carboxylic acids is 1. The fourth-order valence-electron chi connectivity index (χ4n) is 11.3. The Hall–Kier alpha value is -1.83. The summed E-state index contributed by atoms with van der Waals surface area (Å²) in [5.41, 5.74) is -0.640. The number of aliphatic hydroxyl groups is 1. The van der Waals surface area contributed by atoms with E-state index in [0.29, 0.717) is 24.3 Å². The smallest absolute Gasteiger partial charge is 0.303 e. The zero-order valence-electron chi connectivity index (χ0n) is 24.0. The Labute approximate surface area is 223 Å². The number of rotatable bonds is 2. The van der Waals surface area contributed by atoms with Crippen LogP contribution in [0.2, 0.25) is 0 Å². The second kappa shape index (κ2) is 7.86. The second-order valence-corrected chi connectivity index (χ2v) is 15.8. The normalized spacial score (nSPS) is 48.1. The molecule has 4 saturated carbocycles. The van der Waals surface area contributed by atoms with Crippen molar-refractivity contribution in [2.75, 3.05) is 0 Å². The number of carboxylic acids is 1. The molecule has 5 aliphatic carbocycles. The number of hydrogen-bond donors (Lipinski definition) is 2. The summed E-state index contributed by atoms with van der Waals surface area (Å²) in [5, 5.41) is 21.0. The zero-order chi connectivity index (χ0) is 27.4. The molecule has 0 radical (unpaired) electrons. The van der Waals surface area contributed by atoms with Gasteiger partial charge in [0.15, 0.2) is 0 Å². The molecule has 0 aromatic carbocycles. The monoisotopic (exact) mass is 509 g/mol. The topological polar surface area (TPSA) is 79.0 Å². The molecule has 0 saturated heterocycles. The highest BCUT2D eigenvalue weighted by Gasteiger charge is 2.72. The number of hydrogen-bond acceptors (Lipinski definition) is 3. The number of fused-ring (bicyclic) bond motifs is 7. The van der Waals surface area contributed by atoms with Crippen molar-refractivity contribution in [2.45, 2.75) is 113 Å². The molecule has 0 heterocycles. The lowest BCUT2D eigenvalue weighted by atomic mass is 9.31. The second-order valence-electron chi connectivity index (χ2n) is 15.8. The molecular weight excluding hydrogens is 462 g/mol. The van der Waals surface area contributed by atoms with Gasteiger partial charge in [0.1, 0.15) is 11.5 Å². The van der Waals surface area contributed by atoms with Crippen LogP contribution in [-0.4, -0.2) is 22.0 Å². The van der Waals surface area contributed by atoms with Gasteiger partial charge in [-0.3, -0.25) is 9.59 Å². The number of aliphatic hydroxyl groups excluding tert-OH is 1. The molecule has 8 atom stereocenters. The van der Waals surface area contributed by atoms with E-state index in [2.05, 4.69) is 53.3 Å². The van der Waals surface area contributed by atoms with Gasteiger partial charge in [-0.05, 0) is 96.2 Å². The van der Waals surface area contributed by atoms with Gasteiger partial charge in [0.05, 0.1) is 13.0 Å². The SMILES string of the molecule is [C-]#[N+]C1=C(O)C(C)(C)[C@@H]2CC[C@]3(C)[C@H](CC(=O)[C@@H]4[C@@H]5CC(C)(C)CC[C@]5(CC(=O)O)CC[C@]43C)[C@@]2(C)C1. The Balaban J connectivity index is 1.61. The quantitative estimate of drug-likeness (QED) is 0.372. The van der Waals surface area contributed by atoms with Gasteiger partial charge >= 0.3 is 5.97 Å². The Bertz CT molecular complexity index is 1110. The maximum absolute atomic E-state index is 14.4. The molecule has 0 aliphatic heterocycles. The van der Waals surface area contributed by atoms with Crippen molar-refractivity contribution in [3.05, 3.63) is 22.9 Å². The molecule has 0 aromatic rings. The van der Waals surface area contributed by atoms with Gasteiger partial charge in [0, 0.05) is 17.8 Å². The van der Waals surface area contributed by atoms with Crippen LogP contribution < -0.4 is 0 Å². The standard InChI is InChI=1S/C32H47NO4/c1-27(2)11-13-32(18-24(35)36)14-12-31(7)25(19(32)16-27)21(34)15-23-29(5)17-20(33-8)26(37)28(3,4)22(29)9-10-30(23,31)6/h19,22-23,25,37H,9-18H2,1-7H3,(H,35,36)/t19-,22-,23+,25-,29-,30+,31+,32+/m0/s1. The molecule has 5 nitrogen and oxygen atoms in total. The first-order chi connectivity index (χ1) is 17.0. The van der Waals surface area contributed by atoms with E-state index in [-0.39, 0.29) is 62.9 Å². The van der Waals surface area contributed by atoms with Crippen molar-refractivity contribution in [2.24, 2.45) is 56.2 Å². The molecule has 4 fully saturated rings. The Morgan fingerprint density at radius 1 is 0.973 bits per heavy atom. The molecule has 37 heavy (non-hydrogen) atoms. The van der Waals surface area contributed by atoms with E-state index in [9.17, 15) is 19.8 Å². The van der Waals surface area contributed by atoms with Crippen LogP contribution in [0.25, 0.3) is 4.85 Å². The van der Waals surface area contributed by atoms with Crippen LogP contribution in [0.5, 0.6) is 0 Å². The maximum Gasteiger partial charge on any atom is 0.303 e. The number of carbonyl (C=O) groups is 2. The molecule has 0 unspecified atom stereocenters. The minimum Gasteiger partial charge on any atom is -0.523 e. The van der Waals surface area contributed by atoms with E-state index in [4.69, 9.17) is 6.57 Å². The van der Waals surface area contributed by atoms with Crippen molar-refractivity contribution >= 4 is 11.8 Å². The van der Waals surface area contributed by atoms with Crippen LogP contribution in [0.4, 0.5) is 0 Å². The van der Waals surface area contributed by atoms with Crippen LogP contribution in [0.3, 0.4) is 0 Å². The first-order valence-electron chi connectivity index (χ1n) is 14.5. The third-order valence-corrected chi connectivity index (χ3v) is 13.4. The van der Waals surface area contributed by atoms with Crippen LogP contribution in [0.15, 0.2) is 11.5 Å². The summed E-state index contributed by atoms with van der Waals surface area (Å²) in [5.74, 6) is 0.261. The lowest BCUT2D eigenvalue weighted by Gasteiger charge is -2.72. The highest BCUT2D eigenvalue weighted by Crippen LogP contribution is 2.76. The zero-order valence-corrected chi connectivity index (χ0v) is 24.0. The number of nitrogens with zero attached hydrogens (tertiary/aromatic N) is 1. The van der Waals surface area contributed by atoms with Gasteiger partial charge in [0.25, 0.3) is 0 Å². The van der Waals surface area contributed by atoms with Crippen molar-refractivity contribution in [1.82, 2.24) is 0 Å². The first-order valence-corrected chi connectivity index (χ1v) is 14.5. The van der Waals surface area contributed by atoms with Crippen molar-refractivity contribution in [3.8, 4) is 0 Å². The summed E-state index contributed by atoms with van der Waals surface area (Å²) >= 11 is 0. The number of carbonyl (C=O) groups excluding carboxylic acids is 1. The Kier molecular flexibility index (Phi) is 5.68. The van der Waals surface area contributed by atoms with Gasteiger partial charge < -0.3 is 10.2 Å². The maximum atomic E-state index is 14.4. The summed E-state index contributed by atoms with van der Waals surface area (Å²) < 4.78 is 0. The third-order valence-electron chi connectivity index (χ3n) is 13.4. The van der Waals surface area contributed by atoms with Gasteiger partial charge in [0.2, 0.25) is 5.70 Å². The molecule has 204 valence electrons. The molecule has 5 aliphatic rings. The Morgan fingerprint density at radius 2 is 1.62 bits per heavy atom. The number of Topliss-reactive ketones (excluding diaryl/α,β-unsaturated/α-hetero) is 1. The van der Waals surface area contributed by atoms with Crippen LogP contribution in [0.1, 0.15) is 113 Å². The van der Waals surface area contributed by atoms with E-state index in [1.165, 1.54) is 0 Å². The average Bonchev–Trinajstić information content (AvgIpc) is 2.78. The minimum atomic E-state index is -0.726. The summed E-state index contributed by atoms with van der Waals surface area (Å²) in [6.07, 6.45) is 7.91. The molecule has 0 aromatic heterocycles. The van der Waals surface area contributed by atoms with Crippen LogP contribution in [0, 0.1) is 62.7 Å². The predicted molar refractivity (Wildman–Crippen MR) is 143 cm³/mol. The molecule has 2 N–H and O–H groups in total. The predicted octanol–water partition coefficient (Wildman–Crippen LogP) is 7.82. The number of ketones is 1. The molecular formula is C32H47NO4. The summed E-state index contributed by atoms with van der Waals surface area (Å²) in [6, 6.07) is 0. The summed E-state index contributed by atoms with van der Waals surface area (Å²) in [7, 11) is 0. The van der Waals surface area contributed by atoms with Crippen LogP contribution >= 0.6 is 0 Å². The number of allylic oxidation sites excluding steroid dienone is 2. The van der Waals surface area contributed by atoms with E-state index < -0.39 is 11.4 Å². The van der Waals surface area contributed by atoms with Crippen LogP contribution in [-0.2, 0) is 9.59 Å². The lowest BCUT2D eigenvalue weighted by Crippen LogP contribution is -2.68. The summed E-state index contributed by atoms with van der Waals surface area (Å²) in [6.45, 7) is 23.7. The largest absolute Gasteiger partial charge is 0.523 e. The van der Waals surface area contributed by atoms with Crippen molar-refractivity contribution in [1.29, 1.82) is 0 Å². The lowest BCUT2D eigenvalue weighted by molar-refractivity contribution is -0.232. The molecule has 0 bridgehead atoms. The van der Waals surface area contributed by atoms with Crippen molar-refractivity contribution < 1.29 is 19.8 Å². The third kappa shape index (κ3) is 3.39. The van der Waals surface area contributed by atoms with Gasteiger partial charge in [-0.15, -0.1) is 0 Å². The van der Waals surface area contributed by atoms with Gasteiger partial charge in [-0.25, -0.2) is 4.85 Å². The van der Waals surface area contributed by atoms with E-state index >= 15 is 0 Å². The van der Waals surface area contributed by atoms with E-state index in [0.717, 1.165) is 44.9 Å². The minimum absolute atomic E-state index is 0.0655. The van der Waals surface area contributed by atoms with Crippen molar-refractivity contribution in [3.63, 3.8) is 0 Å². The highest BCUT2D eigenvalue weighted by atomic mass is 16.4. The van der Waals surface area contributed by atoms with E-state index in [1.807, 2.05) is 0 Å². The first kappa shape index (κ1) is 26.8. The van der Waals surface area contributed by atoms with Gasteiger partial charge in [-0.1, -0.05) is 48.5 Å². The molecule has 5 heteroatoms. The fraction of sp³-hybridized carbons (Fsp3) is 0.844. The summed E-state index contributed by atoms with van der Waals surface area (Å²) in [4.78, 5) is 30.3. The molecule has 0 amide bonds.